The summed E-state index contributed by atoms with van der Waals surface area (Å²) >= 11 is 0. The van der Waals surface area contributed by atoms with Crippen LogP contribution in [-0.2, 0) is 17.6 Å². The largest absolute Gasteiger partial charge is 0.341 e. The molecule has 1 amide bonds. The fourth-order valence-electron chi connectivity index (χ4n) is 2.62. The minimum absolute atomic E-state index is 0. The Morgan fingerprint density at radius 3 is 2.55 bits per heavy atom. The zero-order valence-corrected chi connectivity index (χ0v) is 13.2. The molecule has 1 aliphatic heterocycles. The molecule has 0 aliphatic carbocycles. The molecule has 3 nitrogen and oxygen atoms in total. The van der Waals surface area contributed by atoms with E-state index in [2.05, 4.69) is 36.5 Å². The van der Waals surface area contributed by atoms with E-state index in [1.54, 1.807) is 0 Å². The Morgan fingerprint density at radius 1 is 1.30 bits per heavy atom. The first-order valence-corrected chi connectivity index (χ1v) is 7.25. The lowest BCUT2D eigenvalue weighted by Gasteiger charge is -2.32. The van der Waals surface area contributed by atoms with Gasteiger partial charge < -0.3 is 10.2 Å². The van der Waals surface area contributed by atoms with Crippen LogP contribution in [0.4, 0.5) is 0 Å². The van der Waals surface area contributed by atoms with Crippen molar-refractivity contribution in [2.75, 3.05) is 20.1 Å². The fourth-order valence-corrected chi connectivity index (χ4v) is 2.62. The van der Waals surface area contributed by atoms with Crippen LogP contribution in [0, 0.1) is 0 Å². The molecule has 1 heterocycles. The molecule has 0 spiro atoms. The van der Waals surface area contributed by atoms with Crippen molar-refractivity contribution in [3.05, 3.63) is 35.4 Å². The maximum Gasteiger partial charge on any atom is 0.227 e. The summed E-state index contributed by atoms with van der Waals surface area (Å²) in [6.07, 6.45) is 3.85. The van der Waals surface area contributed by atoms with Crippen molar-refractivity contribution >= 4 is 18.3 Å². The second kappa shape index (κ2) is 8.28. The van der Waals surface area contributed by atoms with E-state index in [4.69, 9.17) is 0 Å². The molecule has 1 unspecified atom stereocenters. The van der Waals surface area contributed by atoms with E-state index in [0.29, 0.717) is 12.5 Å². The summed E-state index contributed by atoms with van der Waals surface area (Å²) in [6, 6.07) is 8.86. The number of benzene rings is 1. The molecule has 1 fully saturated rings. The summed E-state index contributed by atoms with van der Waals surface area (Å²) in [7, 11) is 1.97. The summed E-state index contributed by atoms with van der Waals surface area (Å²) in [5, 5.41) is 3.27. The highest BCUT2D eigenvalue weighted by molar-refractivity contribution is 5.85. The van der Waals surface area contributed by atoms with Crippen LogP contribution < -0.4 is 5.32 Å². The van der Waals surface area contributed by atoms with E-state index in [1.807, 2.05) is 11.9 Å². The zero-order chi connectivity index (χ0) is 13.7. The van der Waals surface area contributed by atoms with Gasteiger partial charge in [-0.05, 0) is 37.4 Å². The monoisotopic (exact) mass is 296 g/mol. The first-order valence-electron chi connectivity index (χ1n) is 7.25. The number of hydrogen-bond donors (Lipinski definition) is 1. The summed E-state index contributed by atoms with van der Waals surface area (Å²) in [6.45, 7) is 3.90. The third kappa shape index (κ3) is 4.50. The van der Waals surface area contributed by atoms with Gasteiger partial charge in [-0.3, -0.25) is 4.79 Å². The van der Waals surface area contributed by atoms with Crippen molar-refractivity contribution in [1.29, 1.82) is 0 Å². The Kier molecular flexibility index (Phi) is 7.03. The number of hydrogen-bond acceptors (Lipinski definition) is 2. The van der Waals surface area contributed by atoms with Gasteiger partial charge in [-0.25, -0.2) is 0 Å². The molecule has 0 saturated carbocycles. The smallest absolute Gasteiger partial charge is 0.227 e. The van der Waals surface area contributed by atoms with E-state index >= 15 is 0 Å². The quantitative estimate of drug-likeness (QED) is 0.925. The van der Waals surface area contributed by atoms with Crippen molar-refractivity contribution in [3.63, 3.8) is 0 Å². The van der Waals surface area contributed by atoms with Crippen LogP contribution in [0.5, 0.6) is 0 Å². The molecule has 2 rings (SSSR count). The number of nitrogens with one attached hydrogen (secondary N) is 1. The first-order chi connectivity index (χ1) is 9.22. The van der Waals surface area contributed by atoms with Crippen LogP contribution in [0.15, 0.2) is 24.3 Å². The van der Waals surface area contributed by atoms with E-state index in [9.17, 15) is 4.79 Å². The molecule has 0 bridgehead atoms. The summed E-state index contributed by atoms with van der Waals surface area (Å²) < 4.78 is 0. The SMILES string of the molecule is CCc1ccc(CC(=O)N2CCCC(NC)C2)cc1.Cl. The van der Waals surface area contributed by atoms with Gasteiger partial charge in [0.05, 0.1) is 6.42 Å². The van der Waals surface area contributed by atoms with Gasteiger partial charge in [-0.15, -0.1) is 12.4 Å². The molecular weight excluding hydrogens is 272 g/mol. The molecule has 112 valence electrons. The molecule has 1 N–H and O–H groups in total. The number of rotatable bonds is 4. The molecule has 1 aliphatic rings. The topological polar surface area (TPSA) is 32.3 Å². The number of nitrogens with zero attached hydrogens (tertiary/aromatic N) is 1. The maximum atomic E-state index is 12.3. The fraction of sp³-hybridized carbons (Fsp3) is 0.562. The van der Waals surface area contributed by atoms with Gasteiger partial charge in [-0.2, -0.15) is 0 Å². The van der Waals surface area contributed by atoms with Crippen molar-refractivity contribution in [1.82, 2.24) is 10.2 Å². The number of likely N-dealkylation sites (tertiary alicyclic amines) is 1. The molecule has 4 heteroatoms. The molecule has 20 heavy (non-hydrogen) atoms. The highest BCUT2D eigenvalue weighted by Gasteiger charge is 2.22. The van der Waals surface area contributed by atoms with Crippen molar-refractivity contribution in [2.24, 2.45) is 0 Å². The van der Waals surface area contributed by atoms with Gasteiger partial charge >= 0.3 is 0 Å². The van der Waals surface area contributed by atoms with E-state index in [-0.39, 0.29) is 18.3 Å². The Bertz CT molecular complexity index is 419. The lowest BCUT2D eigenvalue weighted by atomic mass is 10.0. The number of carbonyl (C=O) groups is 1. The van der Waals surface area contributed by atoms with Gasteiger partial charge in [0.25, 0.3) is 0 Å². The maximum absolute atomic E-state index is 12.3. The number of piperidine rings is 1. The van der Waals surface area contributed by atoms with Crippen LogP contribution in [0.3, 0.4) is 0 Å². The Labute approximate surface area is 128 Å². The highest BCUT2D eigenvalue weighted by atomic mass is 35.5. The molecular formula is C16H25ClN2O. The second-order valence-electron chi connectivity index (χ2n) is 5.31. The standard InChI is InChI=1S/C16H24N2O.ClH/c1-3-13-6-8-14(9-7-13)11-16(19)18-10-4-5-15(12-18)17-2;/h6-9,15,17H,3-5,10-12H2,1-2H3;1H. The molecule has 1 aromatic rings. The minimum atomic E-state index is 0. The third-order valence-corrected chi connectivity index (χ3v) is 3.97. The molecule has 0 aromatic heterocycles. The van der Waals surface area contributed by atoms with Crippen LogP contribution in [-0.4, -0.2) is 37.0 Å². The van der Waals surface area contributed by atoms with E-state index in [1.165, 1.54) is 12.0 Å². The number of amides is 1. The molecule has 1 saturated heterocycles. The number of aryl methyl sites for hydroxylation is 1. The lowest BCUT2D eigenvalue weighted by Crippen LogP contribution is -2.47. The number of likely N-dealkylation sites (N-methyl/N-ethyl adjacent to an activating group) is 1. The van der Waals surface area contributed by atoms with Gasteiger partial charge in [0.15, 0.2) is 0 Å². The predicted molar refractivity (Wildman–Crippen MR) is 85.4 cm³/mol. The second-order valence-corrected chi connectivity index (χ2v) is 5.31. The minimum Gasteiger partial charge on any atom is -0.341 e. The van der Waals surface area contributed by atoms with Crippen molar-refractivity contribution in [3.8, 4) is 0 Å². The highest BCUT2D eigenvalue weighted by Crippen LogP contribution is 2.13. The van der Waals surface area contributed by atoms with E-state index in [0.717, 1.165) is 31.5 Å². The summed E-state index contributed by atoms with van der Waals surface area (Å²) in [5.74, 6) is 0.254. The Balaban J connectivity index is 0.00000200. The van der Waals surface area contributed by atoms with Gasteiger partial charge in [-0.1, -0.05) is 31.2 Å². The lowest BCUT2D eigenvalue weighted by molar-refractivity contribution is -0.131. The van der Waals surface area contributed by atoms with Crippen LogP contribution >= 0.6 is 12.4 Å². The summed E-state index contributed by atoms with van der Waals surface area (Å²) in [5.41, 5.74) is 2.44. The van der Waals surface area contributed by atoms with Crippen LogP contribution in [0.1, 0.15) is 30.9 Å². The molecule has 1 aromatic carbocycles. The number of carbonyl (C=O) groups excluding carboxylic acids is 1. The normalized spacial score (nSPS) is 18.5. The summed E-state index contributed by atoms with van der Waals surface area (Å²) in [4.78, 5) is 14.3. The predicted octanol–water partition coefficient (Wildman–Crippen LogP) is 2.42. The van der Waals surface area contributed by atoms with Gasteiger partial charge in [0.2, 0.25) is 5.91 Å². The molecule has 1 atom stereocenters. The van der Waals surface area contributed by atoms with E-state index < -0.39 is 0 Å². The van der Waals surface area contributed by atoms with Gasteiger partial charge in [0.1, 0.15) is 0 Å². The van der Waals surface area contributed by atoms with Crippen LogP contribution in [0.2, 0.25) is 0 Å². The number of halogens is 1. The average molecular weight is 297 g/mol. The Hall–Kier alpha value is -1.06. The third-order valence-electron chi connectivity index (χ3n) is 3.97. The van der Waals surface area contributed by atoms with Crippen molar-refractivity contribution < 1.29 is 4.79 Å². The average Bonchev–Trinajstić information content (AvgIpc) is 2.48. The van der Waals surface area contributed by atoms with Crippen molar-refractivity contribution in [2.45, 2.75) is 38.6 Å². The Morgan fingerprint density at radius 2 is 1.95 bits per heavy atom. The van der Waals surface area contributed by atoms with Crippen LogP contribution in [0.25, 0.3) is 0 Å². The first kappa shape index (κ1) is 17.0. The molecule has 0 radical (unpaired) electrons. The van der Waals surface area contributed by atoms with Gasteiger partial charge in [0, 0.05) is 19.1 Å². The zero-order valence-electron chi connectivity index (χ0n) is 12.4.